The van der Waals surface area contributed by atoms with Crippen LogP contribution in [0.15, 0.2) is 18.2 Å². The number of carboxylic acid groups (broad SMARTS) is 1. The summed E-state index contributed by atoms with van der Waals surface area (Å²) in [5.74, 6) is -0.311. The number of rotatable bonds is 6. The zero-order valence-corrected chi connectivity index (χ0v) is 14.1. The molecule has 0 bridgehead atoms. The number of hydrogen-bond acceptors (Lipinski definition) is 4. The average molecular weight is 338 g/mol. The summed E-state index contributed by atoms with van der Waals surface area (Å²) in [6.45, 7) is 4.24. The Hall–Kier alpha value is -2.05. The standard InChI is InChI=1S/C16H20ClN3O3/c1-9-15(17)10(2)20(19-9)8-12-6-11(4-5-14(12)23-3)7-13(18)16(21)22/h4-6,13H,7-8,18H2,1-3H3,(H,21,22). The molecular weight excluding hydrogens is 318 g/mol. The molecule has 6 nitrogen and oxygen atoms in total. The first-order valence-corrected chi connectivity index (χ1v) is 7.55. The normalized spacial score (nSPS) is 12.2. The highest BCUT2D eigenvalue weighted by Gasteiger charge is 2.15. The van der Waals surface area contributed by atoms with Gasteiger partial charge in [-0.3, -0.25) is 9.48 Å². The van der Waals surface area contributed by atoms with Crippen LogP contribution >= 0.6 is 11.6 Å². The molecule has 0 aliphatic heterocycles. The monoisotopic (exact) mass is 337 g/mol. The molecule has 124 valence electrons. The van der Waals surface area contributed by atoms with Gasteiger partial charge in [-0.25, -0.2) is 0 Å². The Labute approximate surface area is 139 Å². The Kier molecular flexibility index (Phi) is 5.28. The highest BCUT2D eigenvalue weighted by Crippen LogP contribution is 2.25. The number of nitrogens with two attached hydrogens (primary N) is 1. The van der Waals surface area contributed by atoms with E-state index in [-0.39, 0.29) is 6.42 Å². The molecule has 1 atom stereocenters. The highest BCUT2D eigenvalue weighted by molar-refractivity contribution is 6.31. The van der Waals surface area contributed by atoms with Gasteiger partial charge >= 0.3 is 5.97 Å². The van der Waals surface area contributed by atoms with Crippen LogP contribution in [0.4, 0.5) is 0 Å². The maximum atomic E-state index is 10.9. The van der Waals surface area contributed by atoms with Crippen molar-refractivity contribution in [2.75, 3.05) is 7.11 Å². The molecule has 7 heteroatoms. The first-order valence-electron chi connectivity index (χ1n) is 7.17. The van der Waals surface area contributed by atoms with Crippen molar-refractivity contribution in [2.45, 2.75) is 32.9 Å². The van der Waals surface area contributed by atoms with Crippen molar-refractivity contribution < 1.29 is 14.6 Å². The molecule has 0 spiro atoms. The van der Waals surface area contributed by atoms with E-state index in [1.54, 1.807) is 11.8 Å². The van der Waals surface area contributed by atoms with Crippen molar-refractivity contribution in [3.63, 3.8) is 0 Å². The molecule has 23 heavy (non-hydrogen) atoms. The Balaban J connectivity index is 2.32. The van der Waals surface area contributed by atoms with E-state index in [1.807, 2.05) is 32.0 Å². The molecule has 3 N–H and O–H groups in total. The predicted octanol–water partition coefficient (Wildman–Crippen LogP) is 2.16. The zero-order valence-electron chi connectivity index (χ0n) is 13.3. The van der Waals surface area contributed by atoms with E-state index in [9.17, 15) is 4.79 Å². The number of nitrogens with zero attached hydrogens (tertiary/aromatic N) is 2. The van der Waals surface area contributed by atoms with Gasteiger partial charge in [0.25, 0.3) is 0 Å². The fraction of sp³-hybridized carbons (Fsp3) is 0.375. The number of benzene rings is 1. The van der Waals surface area contributed by atoms with Gasteiger partial charge in [0, 0.05) is 5.56 Å². The van der Waals surface area contributed by atoms with Crippen LogP contribution in [0.2, 0.25) is 5.02 Å². The topological polar surface area (TPSA) is 90.4 Å². The fourth-order valence-electron chi connectivity index (χ4n) is 2.41. The summed E-state index contributed by atoms with van der Waals surface area (Å²) >= 11 is 6.18. The zero-order chi connectivity index (χ0) is 17.1. The quantitative estimate of drug-likeness (QED) is 0.843. The fourth-order valence-corrected chi connectivity index (χ4v) is 2.55. The lowest BCUT2D eigenvalue weighted by molar-refractivity contribution is -0.138. The maximum absolute atomic E-state index is 10.9. The molecule has 0 aliphatic rings. The molecule has 0 saturated carbocycles. The first-order chi connectivity index (χ1) is 10.8. The van der Waals surface area contributed by atoms with Crippen molar-refractivity contribution >= 4 is 17.6 Å². The Morgan fingerprint density at radius 1 is 1.48 bits per heavy atom. The van der Waals surface area contributed by atoms with Crippen LogP contribution in [0.3, 0.4) is 0 Å². The van der Waals surface area contributed by atoms with Crippen LogP contribution < -0.4 is 10.5 Å². The average Bonchev–Trinajstić information content (AvgIpc) is 2.75. The molecule has 0 fully saturated rings. The van der Waals surface area contributed by atoms with Crippen molar-refractivity contribution in [1.82, 2.24) is 9.78 Å². The summed E-state index contributed by atoms with van der Waals surface area (Å²) in [6, 6.07) is 4.59. The van der Waals surface area contributed by atoms with Gasteiger partial charge < -0.3 is 15.6 Å². The van der Waals surface area contributed by atoms with Crippen molar-refractivity contribution in [2.24, 2.45) is 5.73 Å². The molecular formula is C16H20ClN3O3. The molecule has 1 unspecified atom stereocenters. The molecule has 1 heterocycles. The number of aryl methyl sites for hydroxylation is 1. The third kappa shape index (κ3) is 3.83. The summed E-state index contributed by atoms with van der Waals surface area (Å²) in [6.07, 6.45) is 0.254. The van der Waals surface area contributed by atoms with Crippen LogP contribution in [0.25, 0.3) is 0 Å². The van der Waals surface area contributed by atoms with Gasteiger partial charge in [0.1, 0.15) is 11.8 Å². The number of hydrogen-bond donors (Lipinski definition) is 2. The van der Waals surface area contributed by atoms with Gasteiger partial charge in [-0.05, 0) is 31.9 Å². The molecule has 0 radical (unpaired) electrons. The van der Waals surface area contributed by atoms with E-state index >= 15 is 0 Å². The molecule has 2 aromatic rings. The Bertz CT molecular complexity index is 728. The molecule has 2 rings (SSSR count). The van der Waals surface area contributed by atoms with Gasteiger partial charge in [-0.2, -0.15) is 5.10 Å². The van der Waals surface area contributed by atoms with E-state index in [1.165, 1.54) is 0 Å². The molecule has 0 amide bonds. The number of carbonyl (C=O) groups is 1. The third-order valence-electron chi connectivity index (χ3n) is 3.73. The summed E-state index contributed by atoms with van der Waals surface area (Å²) in [4.78, 5) is 10.9. The molecule has 0 aliphatic carbocycles. The largest absolute Gasteiger partial charge is 0.496 e. The number of aromatic nitrogens is 2. The molecule has 1 aromatic heterocycles. The summed E-state index contributed by atoms with van der Waals surface area (Å²) in [5.41, 5.74) is 8.98. The second-order valence-electron chi connectivity index (χ2n) is 5.44. The third-order valence-corrected chi connectivity index (χ3v) is 4.28. The minimum atomic E-state index is -1.02. The SMILES string of the molecule is COc1ccc(CC(N)C(=O)O)cc1Cn1nc(C)c(Cl)c1C. The second kappa shape index (κ2) is 7.02. The molecule has 1 aromatic carbocycles. The van der Waals surface area contributed by atoms with Gasteiger partial charge in [0.05, 0.1) is 30.1 Å². The van der Waals surface area contributed by atoms with E-state index < -0.39 is 12.0 Å². The van der Waals surface area contributed by atoms with Crippen molar-refractivity contribution in [3.8, 4) is 5.75 Å². The summed E-state index contributed by atoms with van der Waals surface area (Å²) < 4.78 is 7.18. The van der Waals surface area contributed by atoms with E-state index in [0.29, 0.717) is 17.3 Å². The van der Waals surface area contributed by atoms with Crippen molar-refractivity contribution in [3.05, 3.63) is 45.7 Å². The number of aliphatic carboxylic acids is 1. The van der Waals surface area contributed by atoms with E-state index in [0.717, 1.165) is 22.5 Å². The van der Waals surface area contributed by atoms with Crippen LogP contribution in [0.5, 0.6) is 5.75 Å². The van der Waals surface area contributed by atoms with E-state index in [2.05, 4.69) is 5.10 Å². The van der Waals surface area contributed by atoms with E-state index in [4.69, 9.17) is 27.2 Å². The Morgan fingerprint density at radius 3 is 2.70 bits per heavy atom. The summed E-state index contributed by atoms with van der Waals surface area (Å²) in [5, 5.41) is 14.0. The van der Waals surface area contributed by atoms with Crippen molar-refractivity contribution in [1.29, 1.82) is 0 Å². The van der Waals surface area contributed by atoms with Gasteiger partial charge in [-0.15, -0.1) is 0 Å². The Morgan fingerprint density at radius 2 is 2.17 bits per heavy atom. The summed E-state index contributed by atoms with van der Waals surface area (Å²) in [7, 11) is 1.59. The highest BCUT2D eigenvalue weighted by atomic mass is 35.5. The number of ether oxygens (including phenoxy) is 1. The second-order valence-corrected chi connectivity index (χ2v) is 5.82. The minimum absolute atomic E-state index is 0.254. The van der Waals surface area contributed by atoms with Crippen LogP contribution in [-0.4, -0.2) is 34.0 Å². The molecule has 0 saturated heterocycles. The predicted molar refractivity (Wildman–Crippen MR) is 88.1 cm³/mol. The minimum Gasteiger partial charge on any atom is -0.496 e. The number of carboxylic acids is 1. The van der Waals surface area contributed by atoms with Gasteiger partial charge in [-0.1, -0.05) is 23.7 Å². The lowest BCUT2D eigenvalue weighted by atomic mass is 10.0. The lowest BCUT2D eigenvalue weighted by Gasteiger charge is -2.13. The first kappa shape index (κ1) is 17.3. The maximum Gasteiger partial charge on any atom is 0.320 e. The number of halogens is 1. The van der Waals surface area contributed by atoms with Crippen LogP contribution in [0.1, 0.15) is 22.5 Å². The van der Waals surface area contributed by atoms with Crippen LogP contribution in [-0.2, 0) is 17.8 Å². The van der Waals surface area contributed by atoms with Gasteiger partial charge in [0.15, 0.2) is 0 Å². The lowest BCUT2D eigenvalue weighted by Crippen LogP contribution is -2.32. The van der Waals surface area contributed by atoms with Gasteiger partial charge in [0.2, 0.25) is 0 Å². The number of methoxy groups -OCH3 is 1. The van der Waals surface area contributed by atoms with Crippen LogP contribution in [0, 0.1) is 13.8 Å². The smallest absolute Gasteiger partial charge is 0.320 e.